The van der Waals surface area contributed by atoms with Crippen LogP contribution < -0.4 is 10.6 Å². The average molecular weight is 386 g/mol. The van der Waals surface area contributed by atoms with Gasteiger partial charge < -0.3 is 15.1 Å². The van der Waals surface area contributed by atoms with Gasteiger partial charge in [0.05, 0.1) is 5.69 Å². The minimum Gasteiger partial charge on any atom is -0.444 e. The minimum absolute atomic E-state index is 0. The molecule has 1 unspecified atom stereocenters. The highest BCUT2D eigenvalue weighted by molar-refractivity contribution is 7.99. The first-order chi connectivity index (χ1) is 11.7. The van der Waals surface area contributed by atoms with Gasteiger partial charge in [-0.05, 0) is 24.3 Å². The molecule has 0 bridgehead atoms. The molecular weight excluding hydrogens is 365 g/mol. The van der Waals surface area contributed by atoms with Crippen molar-refractivity contribution in [3.05, 3.63) is 42.0 Å². The molecule has 1 aliphatic heterocycles. The summed E-state index contributed by atoms with van der Waals surface area (Å²) in [4.78, 5) is 16.3. The van der Waals surface area contributed by atoms with E-state index in [1.807, 2.05) is 11.8 Å². The van der Waals surface area contributed by atoms with Crippen LogP contribution in [0.3, 0.4) is 0 Å². The van der Waals surface area contributed by atoms with E-state index in [4.69, 9.17) is 4.42 Å². The van der Waals surface area contributed by atoms with Gasteiger partial charge in [0.15, 0.2) is 0 Å². The second kappa shape index (κ2) is 9.79. The Bertz CT molecular complexity index is 675. The van der Waals surface area contributed by atoms with Gasteiger partial charge >= 0.3 is 0 Å². The summed E-state index contributed by atoms with van der Waals surface area (Å²) in [6.45, 7) is 1.49. The average Bonchev–Trinajstić information content (AvgIpc) is 3.05. The number of carbonyl (C=O) groups excluding carboxylic acids is 1. The third kappa shape index (κ3) is 6.02. The molecule has 1 amide bonds. The molecule has 1 aromatic heterocycles. The quantitative estimate of drug-likeness (QED) is 0.800. The van der Waals surface area contributed by atoms with E-state index in [1.54, 1.807) is 18.4 Å². The molecule has 0 spiro atoms. The highest BCUT2D eigenvalue weighted by Crippen LogP contribution is 2.19. The van der Waals surface area contributed by atoms with Crippen LogP contribution in [0.25, 0.3) is 11.5 Å². The summed E-state index contributed by atoms with van der Waals surface area (Å²) in [6, 6.07) is 6.26. The zero-order valence-electron chi connectivity index (χ0n) is 13.7. The summed E-state index contributed by atoms with van der Waals surface area (Å²) in [5, 5.41) is 6.26. The van der Waals surface area contributed by atoms with Crippen LogP contribution in [0.5, 0.6) is 0 Å². The molecule has 1 fully saturated rings. The number of nitrogens with one attached hydrogen (secondary N) is 2. The number of hydrogen-bond acceptors (Lipinski definition) is 5. The lowest BCUT2D eigenvalue weighted by atomic mass is 10.2. The summed E-state index contributed by atoms with van der Waals surface area (Å²) in [5.41, 5.74) is 1.49. The standard InChI is InChI=1S/C17H20FN3O2S.ClH/c18-13-3-1-12(2-4-13)17-21-14(10-23-17)5-6-20-16(22)9-15-11-24-8-7-19-15;/h1-4,10,15,19H,5-9,11H2,(H,20,22);1H. The maximum Gasteiger partial charge on any atom is 0.226 e. The van der Waals surface area contributed by atoms with Crippen LogP contribution in [0.2, 0.25) is 0 Å². The van der Waals surface area contributed by atoms with Crippen LogP contribution in [0.1, 0.15) is 12.1 Å². The van der Waals surface area contributed by atoms with Crippen molar-refractivity contribution < 1.29 is 13.6 Å². The lowest BCUT2D eigenvalue weighted by Crippen LogP contribution is -2.41. The van der Waals surface area contributed by atoms with Crippen molar-refractivity contribution >= 4 is 30.1 Å². The van der Waals surface area contributed by atoms with Gasteiger partial charge in [0.25, 0.3) is 0 Å². The van der Waals surface area contributed by atoms with Crippen LogP contribution in [-0.4, -0.2) is 41.5 Å². The fourth-order valence-corrected chi connectivity index (χ4v) is 3.47. The van der Waals surface area contributed by atoms with E-state index in [-0.39, 0.29) is 30.2 Å². The molecule has 8 heteroatoms. The summed E-state index contributed by atoms with van der Waals surface area (Å²) in [6.07, 6.45) is 2.68. The molecule has 5 nitrogen and oxygen atoms in total. The van der Waals surface area contributed by atoms with Crippen LogP contribution in [-0.2, 0) is 11.2 Å². The van der Waals surface area contributed by atoms with Crippen LogP contribution >= 0.6 is 24.2 Å². The molecule has 0 saturated carbocycles. The van der Waals surface area contributed by atoms with Crippen molar-refractivity contribution in [1.82, 2.24) is 15.6 Å². The number of rotatable bonds is 6. The van der Waals surface area contributed by atoms with Gasteiger partial charge in [-0.2, -0.15) is 11.8 Å². The zero-order chi connectivity index (χ0) is 16.8. The number of aromatic nitrogens is 1. The van der Waals surface area contributed by atoms with Gasteiger partial charge in [0.1, 0.15) is 12.1 Å². The van der Waals surface area contributed by atoms with E-state index in [0.29, 0.717) is 25.3 Å². The van der Waals surface area contributed by atoms with Gasteiger partial charge in [0.2, 0.25) is 11.8 Å². The Morgan fingerprint density at radius 2 is 2.20 bits per heavy atom. The van der Waals surface area contributed by atoms with Gasteiger partial charge in [0, 0.05) is 49.0 Å². The van der Waals surface area contributed by atoms with Gasteiger partial charge in [-0.1, -0.05) is 0 Å². The van der Waals surface area contributed by atoms with Gasteiger partial charge in [-0.15, -0.1) is 12.4 Å². The molecule has 1 atom stereocenters. The van der Waals surface area contributed by atoms with E-state index >= 15 is 0 Å². The van der Waals surface area contributed by atoms with Crippen molar-refractivity contribution in [2.45, 2.75) is 18.9 Å². The molecule has 136 valence electrons. The number of oxazole rings is 1. The number of hydrogen-bond donors (Lipinski definition) is 2. The molecule has 0 radical (unpaired) electrons. The first kappa shape index (κ1) is 19.8. The lowest BCUT2D eigenvalue weighted by Gasteiger charge is -2.22. The Kier molecular flexibility index (Phi) is 7.74. The SMILES string of the molecule is Cl.O=C(CC1CSCCN1)NCCc1coc(-c2ccc(F)cc2)n1. The van der Waals surface area contributed by atoms with Crippen LogP contribution in [0.4, 0.5) is 4.39 Å². The minimum atomic E-state index is -0.293. The van der Waals surface area contributed by atoms with Crippen molar-refractivity contribution in [2.75, 3.05) is 24.6 Å². The summed E-state index contributed by atoms with van der Waals surface area (Å²) >= 11 is 1.88. The van der Waals surface area contributed by atoms with E-state index in [9.17, 15) is 9.18 Å². The Morgan fingerprint density at radius 3 is 2.92 bits per heavy atom. The first-order valence-corrected chi connectivity index (χ1v) is 9.14. The van der Waals surface area contributed by atoms with Crippen molar-refractivity contribution in [2.24, 2.45) is 0 Å². The number of amides is 1. The second-order valence-corrected chi connectivity index (χ2v) is 6.83. The fourth-order valence-electron chi connectivity index (χ4n) is 2.52. The summed E-state index contributed by atoms with van der Waals surface area (Å²) < 4.78 is 18.3. The number of benzene rings is 1. The number of carbonyl (C=O) groups is 1. The predicted molar refractivity (Wildman–Crippen MR) is 99.6 cm³/mol. The fraction of sp³-hybridized carbons (Fsp3) is 0.412. The summed E-state index contributed by atoms with van der Waals surface area (Å²) in [7, 11) is 0. The Hall–Kier alpha value is -1.57. The molecule has 25 heavy (non-hydrogen) atoms. The predicted octanol–water partition coefficient (Wildman–Crippen LogP) is 2.66. The normalized spacial score (nSPS) is 16.9. The molecule has 2 aromatic rings. The van der Waals surface area contributed by atoms with E-state index in [1.165, 1.54) is 12.1 Å². The second-order valence-electron chi connectivity index (χ2n) is 5.68. The molecule has 2 heterocycles. The van der Waals surface area contributed by atoms with E-state index in [0.717, 1.165) is 29.3 Å². The molecule has 1 aromatic carbocycles. The summed E-state index contributed by atoms with van der Waals surface area (Å²) in [5.74, 6) is 2.31. The van der Waals surface area contributed by atoms with Crippen molar-refractivity contribution in [1.29, 1.82) is 0 Å². The largest absolute Gasteiger partial charge is 0.444 e. The first-order valence-electron chi connectivity index (χ1n) is 7.99. The van der Waals surface area contributed by atoms with Crippen LogP contribution in [0.15, 0.2) is 34.9 Å². The monoisotopic (exact) mass is 385 g/mol. The van der Waals surface area contributed by atoms with E-state index < -0.39 is 0 Å². The highest BCUT2D eigenvalue weighted by atomic mass is 35.5. The van der Waals surface area contributed by atoms with Crippen LogP contribution in [0, 0.1) is 5.82 Å². The zero-order valence-corrected chi connectivity index (χ0v) is 15.3. The number of thioether (sulfide) groups is 1. The topological polar surface area (TPSA) is 67.2 Å². The van der Waals surface area contributed by atoms with Crippen molar-refractivity contribution in [3.63, 3.8) is 0 Å². The Morgan fingerprint density at radius 1 is 1.40 bits per heavy atom. The van der Waals surface area contributed by atoms with Crippen molar-refractivity contribution in [3.8, 4) is 11.5 Å². The maximum atomic E-state index is 12.9. The lowest BCUT2D eigenvalue weighted by molar-refractivity contribution is -0.121. The smallest absolute Gasteiger partial charge is 0.226 e. The van der Waals surface area contributed by atoms with Gasteiger partial charge in [-0.25, -0.2) is 9.37 Å². The maximum absolute atomic E-state index is 12.9. The third-order valence-corrected chi connectivity index (χ3v) is 4.91. The molecule has 0 aliphatic carbocycles. The Balaban J connectivity index is 0.00000225. The molecule has 1 saturated heterocycles. The highest BCUT2D eigenvalue weighted by Gasteiger charge is 2.16. The van der Waals surface area contributed by atoms with E-state index in [2.05, 4.69) is 15.6 Å². The molecular formula is C17H21ClFN3O2S. The molecule has 3 rings (SSSR count). The number of halogens is 2. The number of nitrogens with zero attached hydrogens (tertiary/aromatic N) is 1. The Labute approximate surface area is 156 Å². The third-order valence-electron chi connectivity index (χ3n) is 3.78. The van der Waals surface area contributed by atoms with Gasteiger partial charge in [-0.3, -0.25) is 4.79 Å². The molecule has 2 N–H and O–H groups in total. The molecule has 1 aliphatic rings.